The molecule has 3 aromatic rings. The number of aryl methyl sites for hydroxylation is 2. The minimum Gasteiger partial charge on any atom is -0.443 e. The summed E-state index contributed by atoms with van der Waals surface area (Å²) in [5.74, 6) is 1.60. The molecule has 2 aromatic carbocycles. The fourth-order valence-corrected chi connectivity index (χ4v) is 3.89. The second kappa shape index (κ2) is 5.59. The van der Waals surface area contributed by atoms with E-state index in [4.69, 9.17) is 4.42 Å². The zero-order chi connectivity index (χ0) is 16.8. The molecule has 0 saturated carbocycles. The molecule has 4 nitrogen and oxygen atoms in total. The lowest BCUT2D eigenvalue weighted by Crippen LogP contribution is -2.14. The van der Waals surface area contributed by atoms with Gasteiger partial charge in [0.2, 0.25) is 5.88 Å². The summed E-state index contributed by atoms with van der Waals surface area (Å²) < 4.78 is 6.07. The maximum Gasteiger partial charge on any atom is 0.232 e. The van der Waals surface area contributed by atoms with E-state index in [2.05, 4.69) is 39.4 Å². The van der Waals surface area contributed by atoms with Crippen LogP contribution in [0.3, 0.4) is 0 Å². The summed E-state index contributed by atoms with van der Waals surface area (Å²) in [5.41, 5.74) is 6.71. The van der Waals surface area contributed by atoms with Crippen LogP contribution < -0.4 is 4.90 Å². The van der Waals surface area contributed by atoms with Crippen LogP contribution in [0.4, 0.5) is 28.6 Å². The van der Waals surface area contributed by atoms with Crippen LogP contribution >= 0.6 is 0 Å². The van der Waals surface area contributed by atoms with E-state index in [9.17, 15) is 0 Å². The Bertz CT molecular complexity index is 987. The van der Waals surface area contributed by atoms with Crippen molar-refractivity contribution in [2.45, 2.75) is 32.6 Å². The van der Waals surface area contributed by atoms with Crippen LogP contribution in [0, 0.1) is 6.92 Å². The van der Waals surface area contributed by atoms with Gasteiger partial charge >= 0.3 is 0 Å². The Morgan fingerprint density at radius 3 is 2.64 bits per heavy atom. The molecule has 5 rings (SSSR count). The first-order valence-electron chi connectivity index (χ1n) is 8.83. The van der Waals surface area contributed by atoms with Crippen LogP contribution in [-0.2, 0) is 12.8 Å². The third-order valence-corrected chi connectivity index (χ3v) is 5.02. The van der Waals surface area contributed by atoms with Crippen LogP contribution in [0.1, 0.15) is 29.7 Å². The van der Waals surface area contributed by atoms with Crippen molar-refractivity contribution in [1.29, 1.82) is 0 Å². The summed E-state index contributed by atoms with van der Waals surface area (Å²) in [6.45, 7) is 1.95. The first-order chi connectivity index (χ1) is 12.3. The Labute approximate surface area is 146 Å². The first-order valence-corrected chi connectivity index (χ1v) is 8.83. The lowest BCUT2D eigenvalue weighted by Gasteiger charge is -2.28. The van der Waals surface area contributed by atoms with Crippen LogP contribution in [0.2, 0.25) is 0 Å². The van der Waals surface area contributed by atoms with Gasteiger partial charge in [0, 0.05) is 6.07 Å². The average molecular weight is 329 g/mol. The van der Waals surface area contributed by atoms with Gasteiger partial charge in [-0.05, 0) is 61.9 Å². The molecule has 124 valence electrons. The lowest BCUT2D eigenvalue weighted by atomic mass is 9.90. The van der Waals surface area contributed by atoms with E-state index in [-0.39, 0.29) is 0 Å². The number of fused-ring (bicyclic) bond motifs is 3. The molecule has 0 saturated heterocycles. The highest BCUT2D eigenvalue weighted by Gasteiger charge is 2.28. The standard InChI is InChI=1S/C21H19N3O/c1-14-13-18-21(25-14)24(20-11-5-4-10-17(20)22-23-18)19-12-6-8-15-7-2-3-9-16(15)19/h4-6,8,10-13H,2-3,7,9H2,1H3. The van der Waals surface area contributed by atoms with Crippen molar-refractivity contribution in [3.8, 4) is 0 Å². The third-order valence-electron chi connectivity index (χ3n) is 5.02. The predicted octanol–water partition coefficient (Wildman–Crippen LogP) is 6.67. The van der Waals surface area contributed by atoms with Gasteiger partial charge in [-0.25, -0.2) is 0 Å². The second-order valence-corrected chi connectivity index (χ2v) is 6.69. The van der Waals surface area contributed by atoms with E-state index in [1.807, 2.05) is 31.2 Å². The van der Waals surface area contributed by atoms with E-state index < -0.39 is 0 Å². The van der Waals surface area contributed by atoms with E-state index in [0.29, 0.717) is 0 Å². The SMILES string of the molecule is Cc1cc2c(o1)N(c1cccc3c1CCCC3)c1ccccc1N=N2. The van der Waals surface area contributed by atoms with Crippen molar-refractivity contribution < 1.29 is 4.42 Å². The molecule has 1 aliphatic heterocycles. The summed E-state index contributed by atoms with van der Waals surface area (Å²) in [5, 5.41) is 8.88. The first kappa shape index (κ1) is 14.5. The highest BCUT2D eigenvalue weighted by Crippen LogP contribution is 2.49. The minimum atomic E-state index is 0.755. The normalized spacial score (nSPS) is 15.3. The molecule has 0 bridgehead atoms. The molecule has 0 atom stereocenters. The van der Waals surface area contributed by atoms with Gasteiger partial charge < -0.3 is 4.42 Å². The number of hydrogen-bond acceptors (Lipinski definition) is 4. The van der Waals surface area contributed by atoms with Crippen LogP contribution in [0.25, 0.3) is 0 Å². The number of para-hydroxylation sites is 1. The molecule has 0 N–H and O–H groups in total. The quantitative estimate of drug-likeness (QED) is 0.391. The average Bonchev–Trinajstić information content (AvgIpc) is 2.94. The highest BCUT2D eigenvalue weighted by molar-refractivity contribution is 5.88. The Hall–Kier alpha value is -2.88. The van der Waals surface area contributed by atoms with Gasteiger partial charge in [-0.1, -0.05) is 24.3 Å². The zero-order valence-corrected chi connectivity index (χ0v) is 14.2. The van der Waals surface area contributed by atoms with Crippen molar-refractivity contribution in [3.63, 3.8) is 0 Å². The smallest absolute Gasteiger partial charge is 0.232 e. The molecule has 4 heteroatoms. The molecule has 1 aliphatic carbocycles. The summed E-state index contributed by atoms with van der Waals surface area (Å²) in [7, 11) is 0. The van der Waals surface area contributed by atoms with Crippen molar-refractivity contribution in [2.75, 3.05) is 4.90 Å². The molecule has 0 unspecified atom stereocenters. The fraction of sp³-hybridized carbons (Fsp3) is 0.238. The fourth-order valence-electron chi connectivity index (χ4n) is 3.89. The molecule has 1 aromatic heterocycles. The number of anilines is 3. The molecule has 2 aliphatic rings. The van der Waals surface area contributed by atoms with Gasteiger partial charge in [0.15, 0.2) is 0 Å². The Morgan fingerprint density at radius 1 is 0.880 bits per heavy atom. The van der Waals surface area contributed by atoms with Gasteiger partial charge in [-0.3, -0.25) is 4.90 Å². The van der Waals surface area contributed by atoms with E-state index in [0.717, 1.165) is 41.5 Å². The highest BCUT2D eigenvalue weighted by atomic mass is 16.4. The second-order valence-electron chi connectivity index (χ2n) is 6.69. The molecule has 0 amide bonds. The van der Waals surface area contributed by atoms with Crippen LogP contribution in [-0.4, -0.2) is 0 Å². The third kappa shape index (κ3) is 2.29. The van der Waals surface area contributed by atoms with Crippen molar-refractivity contribution in [1.82, 2.24) is 0 Å². The van der Waals surface area contributed by atoms with E-state index in [1.165, 1.54) is 29.7 Å². The molecular formula is C21H19N3O. The number of azo groups is 1. The topological polar surface area (TPSA) is 41.1 Å². The monoisotopic (exact) mass is 329 g/mol. The number of rotatable bonds is 1. The number of hydrogen-bond donors (Lipinski definition) is 0. The molecular weight excluding hydrogens is 310 g/mol. The van der Waals surface area contributed by atoms with Crippen molar-refractivity contribution >= 4 is 28.6 Å². The zero-order valence-electron chi connectivity index (χ0n) is 14.2. The summed E-state index contributed by atoms with van der Waals surface area (Å²) in [6, 6.07) is 16.7. The molecule has 2 heterocycles. The van der Waals surface area contributed by atoms with Crippen molar-refractivity contribution in [3.05, 3.63) is 65.4 Å². The Balaban J connectivity index is 1.80. The molecule has 0 radical (unpaired) electrons. The van der Waals surface area contributed by atoms with Gasteiger partial charge in [0.25, 0.3) is 0 Å². The maximum absolute atomic E-state index is 6.07. The Morgan fingerprint density at radius 2 is 1.68 bits per heavy atom. The van der Waals surface area contributed by atoms with Crippen molar-refractivity contribution in [2.24, 2.45) is 10.2 Å². The summed E-state index contributed by atoms with van der Waals surface area (Å²) in [6.07, 6.45) is 4.76. The summed E-state index contributed by atoms with van der Waals surface area (Å²) in [4.78, 5) is 2.20. The Kier molecular flexibility index (Phi) is 3.23. The van der Waals surface area contributed by atoms with Crippen LogP contribution in [0.5, 0.6) is 0 Å². The molecule has 0 spiro atoms. The maximum atomic E-state index is 6.07. The van der Waals surface area contributed by atoms with E-state index in [1.54, 1.807) is 0 Å². The minimum absolute atomic E-state index is 0.755. The predicted molar refractivity (Wildman–Crippen MR) is 98.9 cm³/mol. The van der Waals surface area contributed by atoms with Gasteiger partial charge in [-0.15, -0.1) is 10.2 Å². The lowest BCUT2D eigenvalue weighted by molar-refractivity contribution is 0.541. The van der Waals surface area contributed by atoms with Gasteiger partial charge in [-0.2, -0.15) is 0 Å². The number of benzene rings is 2. The largest absolute Gasteiger partial charge is 0.443 e. The number of furan rings is 1. The van der Waals surface area contributed by atoms with Gasteiger partial charge in [0.05, 0.1) is 11.4 Å². The number of nitrogens with zero attached hydrogens (tertiary/aromatic N) is 3. The van der Waals surface area contributed by atoms with Gasteiger partial charge in [0.1, 0.15) is 17.1 Å². The molecule has 0 fully saturated rings. The summed E-state index contributed by atoms with van der Waals surface area (Å²) >= 11 is 0. The molecule has 25 heavy (non-hydrogen) atoms. The van der Waals surface area contributed by atoms with Crippen LogP contribution in [0.15, 0.2) is 63.2 Å². The van der Waals surface area contributed by atoms with E-state index >= 15 is 0 Å².